The van der Waals surface area contributed by atoms with Crippen molar-refractivity contribution in [3.63, 3.8) is 0 Å². The first-order valence-corrected chi connectivity index (χ1v) is 14.0. The van der Waals surface area contributed by atoms with Crippen LogP contribution in [0.5, 0.6) is 0 Å². The molecule has 0 atom stereocenters. The van der Waals surface area contributed by atoms with Crippen molar-refractivity contribution >= 4 is 18.5 Å². The van der Waals surface area contributed by atoms with Gasteiger partial charge in [-0.3, -0.25) is 4.79 Å². The van der Waals surface area contributed by atoms with Gasteiger partial charge in [-0.25, -0.2) is 0 Å². The molecule has 1 aliphatic rings. The lowest BCUT2D eigenvalue weighted by atomic mass is 9.77. The molecule has 0 radical (unpaired) electrons. The fourth-order valence-electron chi connectivity index (χ4n) is 4.68. The third kappa shape index (κ3) is 7.01. The highest BCUT2D eigenvalue weighted by atomic mass is 16.7. The summed E-state index contributed by atoms with van der Waals surface area (Å²) in [4.78, 5) is 16.2. The van der Waals surface area contributed by atoms with E-state index in [1.54, 1.807) is 0 Å². The van der Waals surface area contributed by atoms with E-state index < -0.39 is 18.3 Å². The Morgan fingerprint density at radius 3 is 1.86 bits per heavy atom. The maximum atomic E-state index is 14.1. The van der Waals surface area contributed by atoms with Gasteiger partial charge in [0.2, 0.25) is 0 Å². The summed E-state index contributed by atoms with van der Waals surface area (Å²) in [5, 5.41) is 0. The fourth-order valence-corrected chi connectivity index (χ4v) is 4.68. The zero-order chi connectivity index (χ0) is 26.2. The third-order valence-corrected chi connectivity index (χ3v) is 7.73. The first-order chi connectivity index (χ1) is 17.2. The van der Waals surface area contributed by atoms with Crippen LogP contribution >= 0.6 is 0 Å². The Kier molecular flexibility index (Phi) is 10.2. The number of amides is 1. The zero-order valence-corrected chi connectivity index (χ0v) is 23.4. The highest BCUT2D eigenvalue weighted by Gasteiger charge is 2.51. The van der Waals surface area contributed by atoms with E-state index in [4.69, 9.17) is 9.31 Å². The lowest BCUT2D eigenvalue weighted by Gasteiger charge is -2.32. The van der Waals surface area contributed by atoms with Crippen LogP contribution in [-0.2, 0) is 9.31 Å². The van der Waals surface area contributed by atoms with Crippen LogP contribution in [0.2, 0.25) is 0 Å². The molecule has 4 nitrogen and oxygen atoms in total. The van der Waals surface area contributed by atoms with Gasteiger partial charge in [-0.05, 0) is 63.2 Å². The van der Waals surface area contributed by atoms with Gasteiger partial charge in [0.25, 0.3) is 5.91 Å². The van der Waals surface area contributed by atoms with Crippen molar-refractivity contribution in [1.82, 2.24) is 4.90 Å². The number of carbonyl (C=O) groups excluding carboxylic acids is 1. The van der Waals surface area contributed by atoms with E-state index in [1.807, 2.05) is 30.3 Å². The smallest absolute Gasteiger partial charge is 0.399 e. The molecule has 0 spiro atoms. The Balaban J connectivity index is 1.94. The number of nitrogens with zero attached hydrogens (tertiary/aromatic N) is 1. The summed E-state index contributed by atoms with van der Waals surface area (Å²) in [5.41, 5.74) is 2.80. The molecule has 0 unspecified atom stereocenters. The molecule has 0 saturated carbocycles. The molecule has 36 heavy (non-hydrogen) atoms. The van der Waals surface area contributed by atoms with Crippen molar-refractivity contribution in [3.05, 3.63) is 54.1 Å². The molecular formula is C31H46BNO3. The molecular weight excluding hydrogens is 445 g/mol. The Morgan fingerprint density at radius 2 is 1.33 bits per heavy atom. The molecule has 0 bridgehead atoms. The van der Waals surface area contributed by atoms with Gasteiger partial charge in [-0.15, -0.1) is 0 Å². The highest BCUT2D eigenvalue weighted by molar-refractivity contribution is 6.62. The van der Waals surface area contributed by atoms with Crippen molar-refractivity contribution in [1.29, 1.82) is 0 Å². The standard InChI is InChI=1S/C31H46BNO3/c1-7-9-11-16-22-33(23-17-12-10-8-2)29(34)28-24-26(32-35-30(3,4)31(5,6)36-32)20-21-27(28)25-18-14-13-15-19-25/h13-15,18-21,24H,7-12,16-17,22-23H2,1-6H3. The van der Waals surface area contributed by atoms with Gasteiger partial charge in [0, 0.05) is 18.7 Å². The SMILES string of the molecule is CCCCCCN(CCCCCC)C(=O)c1cc(B2OC(C)(C)C(C)(C)O2)ccc1-c1ccccc1. The largest absolute Gasteiger partial charge is 0.494 e. The second-order valence-corrected chi connectivity index (χ2v) is 11.2. The van der Waals surface area contributed by atoms with Gasteiger partial charge >= 0.3 is 7.12 Å². The van der Waals surface area contributed by atoms with Crippen LogP contribution in [0.25, 0.3) is 11.1 Å². The number of benzene rings is 2. The topological polar surface area (TPSA) is 38.8 Å². The highest BCUT2D eigenvalue weighted by Crippen LogP contribution is 2.37. The summed E-state index contributed by atoms with van der Waals surface area (Å²) >= 11 is 0. The second-order valence-electron chi connectivity index (χ2n) is 11.2. The van der Waals surface area contributed by atoms with E-state index in [0.29, 0.717) is 0 Å². The molecule has 1 aliphatic heterocycles. The zero-order valence-electron chi connectivity index (χ0n) is 23.4. The van der Waals surface area contributed by atoms with Gasteiger partial charge in [0.15, 0.2) is 0 Å². The summed E-state index contributed by atoms with van der Waals surface area (Å²) in [6, 6.07) is 16.3. The second kappa shape index (κ2) is 12.9. The first kappa shape index (κ1) is 28.5. The van der Waals surface area contributed by atoms with Gasteiger partial charge in [0.1, 0.15) is 0 Å². The minimum absolute atomic E-state index is 0.111. The van der Waals surface area contributed by atoms with Crippen LogP contribution < -0.4 is 5.46 Å². The molecule has 2 aromatic carbocycles. The van der Waals surface area contributed by atoms with Gasteiger partial charge < -0.3 is 14.2 Å². The van der Waals surface area contributed by atoms with E-state index in [9.17, 15) is 4.79 Å². The summed E-state index contributed by atoms with van der Waals surface area (Å²) in [5.74, 6) is 0.111. The molecule has 1 amide bonds. The van der Waals surface area contributed by atoms with Gasteiger partial charge in [-0.2, -0.15) is 0 Å². The molecule has 0 aromatic heterocycles. The number of rotatable bonds is 13. The molecule has 1 fully saturated rings. The molecule has 1 heterocycles. The minimum Gasteiger partial charge on any atom is -0.399 e. The van der Waals surface area contributed by atoms with Crippen LogP contribution in [-0.4, -0.2) is 42.2 Å². The molecule has 196 valence electrons. The molecule has 0 N–H and O–H groups in total. The van der Waals surface area contributed by atoms with Crippen molar-refractivity contribution in [2.45, 2.75) is 104 Å². The van der Waals surface area contributed by atoms with Gasteiger partial charge in [0.05, 0.1) is 11.2 Å². The number of hydrogen-bond acceptors (Lipinski definition) is 3. The lowest BCUT2D eigenvalue weighted by Crippen LogP contribution is -2.41. The number of hydrogen-bond donors (Lipinski definition) is 0. The molecule has 0 aliphatic carbocycles. The van der Waals surface area contributed by atoms with Crippen molar-refractivity contribution < 1.29 is 14.1 Å². The van der Waals surface area contributed by atoms with E-state index in [-0.39, 0.29) is 5.91 Å². The monoisotopic (exact) mass is 491 g/mol. The quantitative estimate of drug-likeness (QED) is 0.219. The summed E-state index contributed by atoms with van der Waals surface area (Å²) in [6.07, 6.45) is 9.23. The van der Waals surface area contributed by atoms with Crippen molar-refractivity contribution in [2.24, 2.45) is 0 Å². The average Bonchev–Trinajstić information content (AvgIpc) is 3.09. The van der Waals surface area contributed by atoms with Crippen molar-refractivity contribution in [3.8, 4) is 11.1 Å². The Morgan fingerprint density at radius 1 is 0.778 bits per heavy atom. The molecule has 1 saturated heterocycles. The van der Waals surface area contributed by atoms with E-state index >= 15 is 0 Å². The number of unbranched alkanes of at least 4 members (excludes halogenated alkanes) is 6. The first-order valence-electron chi connectivity index (χ1n) is 14.0. The van der Waals surface area contributed by atoms with Crippen LogP contribution in [0.3, 0.4) is 0 Å². The maximum Gasteiger partial charge on any atom is 0.494 e. The maximum absolute atomic E-state index is 14.1. The van der Waals surface area contributed by atoms with Crippen LogP contribution in [0.4, 0.5) is 0 Å². The van der Waals surface area contributed by atoms with Crippen LogP contribution in [0, 0.1) is 0 Å². The average molecular weight is 492 g/mol. The van der Waals surface area contributed by atoms with Crippen LogP contribution in [0.1, 0.15) is 103 Å². The Bertz CT molecular complexity index is 945. The normalized spacial score (nSPS) is 16.3. The van der Waals surface area contributed by atoms with Gasteiger partial charge in [-0.1, -0.05) is 94.8 Å². The molecule has 2 aromatic rings. The number of carbonyl (C=O) groups is 1. The molecule has 3 rings (SSSR count). The summed E-state index contributed by atoms with van der Waals surface area (Å²) in [6.45, 7) is 14.3. The summed E-state index contributed by atoms with van der Waals surface area (Å²) in [7, 11) is -0.492. The minimum atomic E-state index is -0.492. The Hall–Kier alpha value is -2.11. The van der Waals surface area contributed by atoms with Crippen LogP contribution in [0.15, 0.2) is 48.5 Å². The van der Waals surface area contributed by atoms with E-state index in [2.05, 4.69) is 64.6 Å². The van der Waals surface area contributed by atoms with Crippen molar-refractivity contribution in [2.75, 3.05) is 13.1 Å². The molecule has 5 heteroatoms. The third-order valence-electron chi connectivity index (χ3n) is 7.73. The fraction of sp³-hybridized carbons (Fsp3) is 0.581. The predicted molar refractivity (Wildman–Crippen MR) is 152 cm³/mol. The predicted octanol–water partition coefficient (Wildman–Crippen LogP) is 7.26. The Labute approximate surface area is 219 Å². The van der Waals surface area contributed by atoms with E-state index in [1.165, 1.54) is 25.7 Å². The van der Waals surface area contributed by atoms with E-state index in [0.717, 1.165) is 60.9 Å². The lowest BCUT2D eigenvalue weighted by molar-refractivity contribution is 0.00578. The summed E-state index contributed by atoms with van der Waals surface area (Å²) < 4.78 is 12.7.